The van der Waals surface area contributed by atoms with E-state index < -0.39 is 26.5 Å². The maximum Gasteiger partial charge on any atom is 0.211 e. The first-order valence-corrected chi connectivity index (χ1v) is 21.2. The monoisotopic (exact) mass is 667 g/mol. The van der Waals surface area contributed by atoms with Gasteiger partial charge < -0.3 is 10.2 Å². The number of Topliss-reactive ketones (excluding diaryl/α,β-unsaturated/α-hetero) is 1. The summed E-state index contributed by atoms with van der Waals surface area (Å²) in [7, 11) is -3.53. The van der Waals surface area contributed by atoms with Crippen LogP contribution in [-0.2, 0) is 14.8 Å². The number of aliphatic hydroxyl groups is 2. The Morgan fingerprint density at radius 2 is 1.57 bits per heavy atom. The first-order valence-electron chi connectivity index (χ1n) is 19.3. The first-order chi connectivity index (χ1) is 22.0. The summed E-state index contributed by atoms with van der Waals surface area (Å²) in [6.07, 6.45) is 22.5. The number of allylic oxidation sites excluding steroid dienone is 4. The van der Waals surface area contributed by atoms with Gasteiger partial charge in [-0.2, -0.15) is 4.31 Å². The van der Waals surface area contributed by atoms with Gasteiger partial charge in [-0.25, -0.2) is 8.42 Å². The van der Waals surface area contributed by atoms with Crippen LogP contribution in [0.3, 0.4) is 0 Å². The van der Waals surface area contributed by atoms with E-state index in [1.165, 1.54) is 25.5 Å². The predicted molar refractivity (Wildman–Crippen MR) is 185 cm³/mol. The van der Waals surface area contributed by atoms with Crippen LogP contribution in [0.25, 0.3) is 0 Å². The molecule has 7 heteroatoms. The van der Waals surface area contributed by atoms with Gasteiger partial charge in [-0.05, 0) is 117 Å². The molecular formula is C40H61NO5S. The average Bonchev–Trinajstić information content (AvgIpc) is 3.30. The van der Waals surface area contributed by atoms with Crippen LogP contribution in [0, 0.1) is 62.6 Å². The van der Waals surface area contributed by atoms with Crippen molar-refractivity contribution in [3.8, 4) is 0 Å². The minimum absolute atomic E-state index is 0.0490. The second kappa shape index (κ2) is 10.5. The van der Waals surface area contributed by atoms with Crippen molar-refractivity contribution in [1.82, 2.24) is 4.31 Å². The molecule has 11 unspecified atom stereocenters. The molecule has 47 heavy (non-hydrogen) atoms. The highest BCUT2D eigenvalue weighted by atomic mass is 32.2. The summed E-state index contributed by atoms with van der Waals surface area (Å²) in [6, 6.07) is 0. The molecule has 262 valence electrons. The standard InChI is InChI=1S/C40H61NO5S/c1-35(2)28-12-11-27(30(35)21-28)24-41(47(5,45)46)25-39(44)18-15-33-37(39,4)17-14-32-36(3)16-13-29(42)22-38(36)19-20-40(32,33)31(23-38)34(43)26-9-7-6-8-10-26/h19-20,23,26-30,32-33,42,44H,6-18,21-22,24-25H2,1-5H3. The zero-order valence-corrected chi connectivity index (χ0v) is 30.6. The summed E-state index contributed by atoms with van der Waals surface area (Å²) in [5.74, 6) is 2.38. The Bertz CT molecular complexity index is 1490. The van der Waals surface area contributed by atoms with E-state index in [1.54, 1.807) is 4.31 Å². The number of hydrogen-bond acceptors (Lipinski definition) is 5. The van der Waals surface area contributed by atoms with Gasteiger partial charge >= 0.3 is 0 Å². The van der Waals surface area contributed by atoms with Crippen LogP contribution in [-0.4, -0.2) is 59.8 Å². The maximum atomic E-state index is 14.8. The Hall–Kier alpha value is -1.02. The van der Waals surface area contributed by atoms with E-state index in [9.17, 15) is 23.4 Å². The lowest BCUT2D eigenvalue weighted by Gasteiger charge is -2.71. The van der Waals surface area contributed by atoms with Crippen LogP contribution < -0.4 is 0 Å². The van der Waals surface area contributed by atoms with Crippen LogP contribution >= 0.6 is 0 Å². The van der Waals surface area contributed by atoms with Gasteiger partial charge in [0.15, 0.2) is 5.78 Å². The molecule has 0 radical (unpaired) electrons. The smallest absolute Gasteiger partial charge is 0.211 e. The maximum absolute atomic E-state index is 14.8. The number of nitrogens with zero attached hydrogens (tertiary/aromatic N) is 1. The summed E-state index contributed by atoms with van der Waals surface area (Å²) in [4.78, 5) is 14.8. The number of carbonyl (C=O) groups excluding carboxylic acids is 1. The zero-order valence-electron chi connectivity index (χ0n) is 29.8. The molecule has 0 aromatic rings. The fourth-order valence-electron chi connectivity index (χ4n) is 14.3. The third-order valence-corrected chi connectivity index (χ3v) is 18.5. The van der Waals surface area contributed by atoms with Gasteiger partial charge in [0, 0.05) is 40.8 Å². The van der Waals surface area contributed by atoms with Crippen molar-refractivity contribution in [2.24, 2.45) is 62.6 Å². The fourth-order valence-corrected chi connectivity index (χ4v) is 15.2. The van der Waals surface area contributed by atoms with Crippen molar-refractivity contribution < 1.29 is 23.4 Å². The molecule has 6 nitrogen and oxygen atoms in total. The summed E-state index contributed by atoms with van der Waals surface area (Å²) >= 11 is 0. The molecule has 2 spiro atoms. The van der Waals surface area contributed by atoms with Crippen LogP contribution in [0.1, 0.15) is 124 Å². The Labute approximate surface area is 284 Å². The van der Waals surface area contributed by atoms with Gasteiger partial charge in [0.25, 0.3) is 0 Å². The van der Waals surface area contributed by atoms with Gasteiger partial charge in [0.05, 0.1) is 18.0 Å². The fraction of sp³-hybridized carbons (Fsp3) is 0.875. The highest BCUT2D eigenvalue weighted by molar-refractivity contribution is 7.88. The number of sulfonamides is 1. The van der Waals surface area contributed by atoms with Crippen molar-refractivity contribution in [1.29, 1.82) is 0 Å². The number of carbonyl (C=O) groups is 1. The molecule has 10 rings (SSSR count). The van der Waals surface area contributed by atoms with E-state index in [0.29, 0.717) is 37.0 Å². The lowest BCUT2D eigenvalue weighted by Crippen LogP contribution is -2.67. The molecule has 0 aromatic carbocycles. The molecule has 0 heterocycles. The van der Waals surface area contributed by atoms with Crippen molar-refractivity contribution in [2.45, 2.75) is 136 Å². The molecule has 0 saturated heterocycles. The molecular weight excluding hydrogens is 607 g/mol. The van der Waals surface area contributed by atoms with Crippen LogP contribution in [0.5, 0.6) is 0 Å². The van der Waals surface area contributed by atoms with Gasteiger partial charge in [-0.1, -0.05) is 65.2 Å². The molecule has 10 aliphatic rings. The van der Waals surface area contributed by atoms with Crippen molar-refractivity contribution in [2.75, 3.05) is 19.3 Å². The number of aliphatic hydroxyl groups excluding tert-OH is 1. The van der Waals surface area contributed by atoms with Crippen LogP contribution in [0.4, 0.5) is 0 Å². The van der Waals surface area contributed by atoms with Gasteiger partial charge in [-0.15, -0.1) is 0 Å². The first kappa shape index (κ1) is 33.1. The van der Waals surface area contributed by atoms with Crippen molar-refractivity contribution >= 4 is 15.8 Å². The quantitative estimate of drug-likeness (QED) is 0.284. The Morgan fingerprint density at radius 3 is 2.26 bits per heavy atom. The van der Waals surface area contributed by atoms with Gasteiger partial charge in [0.2, 0.25) is 10.0 Å². The minimum atomic E-state index is -3.53. The van der Waals surface area contributed by atoms with E-state index in [-0.39, 0.29) is 46.6 Å². The SMILES string of the molecule is CC1(C)C2CCC(CN(CC3(O)CCC4C56C=CC7(C=C5C(=O)C5CCCCC5)CC(O)CCC7(C)C6CCC43C)S(C)(=O)=O)C1C2. The van der Waals surface area contributed by atoms with Crippen molar-refractivity contribution in [3.05, 3.63) is 23.8 Å². The highest BCUT2D eigenvalue weighted by Gasteiger charge is 2.74. The van der Waals surface area contributed by atoms with E-state index >= 15 is 0 Å². The lowest BCUT2D eigenvalue weighted by molar-refractivity contribution is -0.178. The van der Waals surface area contributed by atoms with Gasteiger partial charge in [0.1, 0.15) is 0 Å². The molecule has 7 saturated carbocycles. The second-order valence-electron chi connectivity index (χ2n) is 19.3. The molecule has 11 atom stereocenters. The van der Waals surface area contributed by atoms with Crippen LogP contribution in [0.15, 0.2) is 23.8 Å². The third-order valence-electron chi connectivity index (χ3n) is 17.3. The molecule has 0 aliphatic heterocycles. The third kappa shape index (κ3) is 4.36. The van der Waals surface area contributed by atoms with E-state index in [1.807, 2.05) is 0 Å². The molecule has 10 aliphatic carbocycles. The Balaban J connectivity index is 1.16. The lowest BCUT2D eigenvalue weighted by atomic mass is 9.32. The van der Waals surface area contributed by atoms with E-state index in [2.05, 4.69) is 45.9 Å². The Morgan fingerprint density at radius 1 is 0.894 bits per heavy atom. The molecule has 0 amide bonds. The molecule has 0 aromatic heterocycles. The van der Waals surface area contributed by atoms with E-state index in [4.69, 9.17) is 0 Å². The highest BCUT2D eigenvalue weighted by Crippen LogP contribution is 2.78. The van der Waals surface area contributed by atoms with Gasteiger partial charge in [-0.3, -0.25) is 4.79 Å². The number of hydrogen-bond donors (Lipinski definition) is 2. The number of rotatable bonds is 7. The molecule has 7 fully saturated rings. The zero-order chi connectivity index (χ0) is 33.4. The second-order valence-corrected chi connectivity index (χ2v) is 21.2. The Kier molecular flexibility index (Phi) is 7.41. The summed E-state index contributed by atoms with van der Waals surface area (Å²) in [5, 5.41) is 23.9. The average molecular weight is 668 g/mol. The topological polar surface area (TPSA) is 94.9 Å². The molecule has 2 N–H and O–H groups in total. The molecule has 4 bridgehead atoms. The number of fused-ring (bicyclic) bond motifs is 3. The predicted octanol–water partition coefficient (Wildman–Crippen LogP) is 7.06. The number of ketones is 1. The summed E-state index contributed by atoms with van der Waals surface area (Å²) in [5.41, 5.74) is -1.21. The van der Waals surface area contributed by atoms with Crippen molar-refractivity contribution in [3.63, 3.8) is 0 Å². The normalized spacial score (nSPS) is 49.9. The van der Waals surface area contributed by atoms with Crippen LogP contribution in [0.2, 0.25) is 0 Å². The largest absolute Gasteiger partial charge is 0.393 e. The van der Waals surface area contributed by atoms with E-state index in [0.717, 1.165) is 75.7 Å². The summed E-state index contributed by atoms with van der Waals surface area (Å²) < 4.78 is 28.7. The summed E-state index contributed by atoms with van der Waals surface area (Å²) in [6.45, 7) is 10.1. The minimum Gasteiger partial charge on any atom is -0.393 e.